The molecule has 0 aromatic rings. The Morgan fingerprint density at radius 1 is 1.21 bits per heavy atom. The summed E-state index contributed by atoms with van der Waals surface area (Å²) in [6.07, 6.45) is 5.41. The molecule has 6 atom stereocenters. The topological polar surface area (TPSA) is 93.6 Å². The van der Waals surface area contributed by atoms with E-state index in [1.54, 1.807) is 40.8 Å². The fourth-order valence-electron chi connectivity index (χ4n) is 7.05. The van der Waals surface area contributed by atoms with Crippen LogP contribution in [0.25, 0.3) is 0 Å². The summed E-state index contributed by atoms with van der Waals surface area (Å²) in [5, 5.41) is 10.3. The molecule has 2 unspecified atom stereocenters. The summed E-state index contributed by atoms with van der Waals surface area (Å²) in [6, 6.07) is -1.20. The molecule has 0 aliphatic carbocycles. The van der Waals surface area contributed by atoms with E-state index in [0.717, 1.165) is 26.1 Å². The summed E-state index contributed by atoms with van der Waals surface area (Å²) < 4.78 is 4.35. The number of morpholine rings is 1. The summed E-state index contributed by atoms with van der Waals surface area (Å²) in [5.74, 6) is -1.45. The van der Waals surface area contributed by atoms with Gasteiger partial charge in [-0.25, -0.2) is 0 Å². The van der Waals surface area contributed by atoms with Gasteiger partial charge in [0.25, 0.3) is 0 Å². The molecule has 1 N–H and O–H groups in total. The van der Waals surface area contributed by atoms with Gasteiger partial charge in [0.05, 0.1) is 42.4 Å². The normalized spacial score (nSPS) is 33.2. The van der Waals surface area contributed by atoms with Gasteiger partial charge < -0.3 is 24.5 Å². The van der Waals surface area contributed by atoms with Gasteiger partial charge in [0.2, 0.25) is 17.7 Å². The molecule has 0 aromatic carbocycles. The number of carbonyl (C=O) groups is 3. The van der Waals surface area contributed by atoms with Crippen LogP contribution in [0.15, 0.2) is 25.3 Å². The number of carbonyl (C=O) groups excluding carboxylic acids is 3. The largest absolute Gasteiger partial charge is 0.394 e. The highest BCUT2D eigenvalue weighted by molar-refractivity contribution is 8.02. The maximum absolute atomic E-state index is 14.5. The van der Waals surface area contributed by atoms with Gasteiger partial charge in [-0.1, -0.05) is 19.1 Å². The first-order valence-corrected chi connectivity index (χ1v) is 14.7. The molecule has 4 rings (SSSR count). The number of hydrogen-bond donors (Lipinski definition) is 1. The zero-order valence-corrected chi connectivity index (χ0v) is 24.0. The standard InChI is InChI=1S/C28H44N4O5S/c1-6-11-29(5)24(34)21-22-25(35)32(20(8-3)19-33)23(28(22)10-9-27(21,4)38-28)26(36)31(12-7-2)14-13-30-15-17-37-18-16-30/h6-7,20-23,33H,1-2,8-19H2,3-5H3/t20-,21-,22-,23?,27+,28?/m0/s1. The Morgan fingerprint density at radius 2 is 1.89 bits per heavy atom. The molecule has 4 saturated heterocycles. The predicted molar refractivity (Wildman–Crippen MR) is 149 cm³/mol. The lowest BCUT2D eigenvalue weighted by molar-refractivity contribution is -0.147. The zero-order valence-electron chi connectivity index (χ0n) is 23.1. The molecule has 38 heavy (non-hydrogen) atoms. The fourth-order valence-corrected chi connectivity index (χ4v) is 9.38. The van der Waals surface area contributed by atoms with E-state index in [4.69, 9.17) is 4.74 Å². The third kappa shape index (κ3) is 4.82. The summed E-state index contributed by atoms with van der Waals surface area (Å²) in [7, 11) is 1.75. The first-order chi connectivity index (χ1) is 18.2. The van der Waals surface area contributed by atoms with Crippen molar-refractivity contribution in [3.8, 4) is 0 Å². The number of aliphatic hydroxyl groups is 1. The van der Waals surface area contributed by atoms with Crippen LogP contribution in [0, 0.1) is 11.8 Å². The quantitative estimate of drug-likeness (QED) is 0.367. The molecule has 0 aromatic heterocycles. The number of likely N-dealkylation sites (N-methyl/N-ethyl adjacent to an activating group) is 1. The van der Waals surface area contributed by atoms with Crippen LogP contribution in [0.5, 0.6) is 0 Å². The molecule has 4 fully saturated rings. The summed E-state index contributed by atoms with van der Waals surface area (Å²) in [4.78, 5) is 49.9. The second-order valence-electron chi connectivity index (χ2n) is 11.3. The van der Waals surface area contributed by atoms with Crippen LogP contribution < -0.4 is 0 Å². The molecule has 3 amide bonds. The lowest BCUT2D eigenvalue weighted by Gasteiger charge is -2.40. The Morgan fingerprint density at radius 3 is 2.50 bits per heavy atom. The number of aliphatic hydroxyl groups excluding tert-OH is 1. The molecule has 1 spiro atoms. The molecule has 0 saturated carbocycles. The monoisotopic (exact) mass is 548 g/mol. The summed E-state index contributed by atoms with van der Waals surface area (Å²) in [6.45, 7) is 16.5. The minimum Gasteiger partial charge on any atom is -0.394 e. The van der Waals surface area contributed by atoms with Crippen molar-refractivity contribution in [2.45, 2.75) is 54.7 Å². The van der Waals surface area contributed by atoms with E-state index in [9.17, 15) is 19.5 Å². The van der Waals surface area contributed by atoms with Crippen LogP contribution in [-0.4, -0.2) is 130 Å². The molecule has 10 heteroatoms. The van der Waals surface area contributed by atoms with Crippen molar-refractivity contribution in [1.82, 2.24) is 19.6 Å². The summed E-state index contributed by atoms with van der Waals surface area (Å²) >= 11 is 1.67. The molecule has 4 aliphatic rings. The second kappa shape index (κ2) is 11.7. The van der Waals surface area contributed by atoms with Crippen molar-refractivity contribution in [3.05, 3.63) is 25.3 Å². The minimum absolute atomic E-state index is 0.0693. The SMILES string of the molecule is C=CCN(C)C(=O)[C@@H]1[C@H]2C(=O)N([C@@H](CC)CO)C(C(=O)N(CC=C)CCN3CCOCC3)C23CC[C@@]1(C)S3. The molecule has 9 nitrogen and oxygen atoms in total. The Labute approximate surface area is 231 Å². The Hall–Kier alpha value is -1.88. The molecular weight excluding hydrogens is 504 g/mol. The van der Waals surface area contributed by atoms with Crippen molar-refractivity contribution in [1.29, 1.82) is 0 Å². The Kier molecular flexibility index (Phi) is 8.96. The zero-order chi connectivity index (χ0) is 27.7. The van der Waals surface area contributed by atoms with E-state index in [-0.39, 0.29) is 24.3 Å². The molecule has 4 heterocycles. The number of fused-ring (bicyclic) bond motifs is 1. The lowest BCUT2D eigenvalue weighted by atomic mass is 9.66. The van der Waals surface area contributed by atoms with Crippen molar-refractivity contribution in [2.24, 2.45) is 11.8 Å². The van der Waals surface area contributed by atoms with Crippen molar-refractivity contribution in [2.75, 3.05) is 66.1 Å². The highest BCUT2D eigenvalue weighted by Crippen LogP contribution is 2.71. The number of rotatable bonds is 12. The second-order valence-corrected chi connectivity index (χ2v) is 13.1. The van der Waals surface area contributed by atoms with E-state index in [2.05, 4.69) is 25.0 Å². The van der Waals surface area contributed by atoms with E-state index in [1.165, 1.54) is 0 Å². The highest BCUT2D eigenvalue weighted by atomic mass is 32.2. The number of nitrogens with zero attached hydrogens (tertiary/aromatic N) is 4. The predicted octanol–water partition coefficient (Wildman–Crippen LogP) is 1.23. The fraction of sp³-hybridized carbons (Fsp3) is 0.750. The van der Waals surface area contributed by atoms with E-state index in [1.807, 2.05) is 11.8 Å². The number of thioether (sulfide) groups is 1. The van der Waals surface area contributed by atoms with Gasteiger partial charge in [-0.15, -0.1) is 24.9 Å². The van der Waals surface area contributed by atoms with Crippen LogP contribution in [0.3, 0.4) is 0 Å². The molecule has 212 valence electrons. The van der Waals surface area contributed by atoms with E-state index < -0.39 is 33.4 Å². The first-order valence-electron chi connectivity index (χ1n) is 13.9. The molecule has 0 radical (unpaired) electrons. The first kappa shape index (κ1) is 29.1. The van der Waals surface area contributed by atoms with Crippen molar-refractivity contribution in [3.63, 3.8) is 0 Å². The van der Waals surface area contributed by atoms with Crippen molar-refractivity contribution < 1.29 is 24.2 Å². The third-order valence-corrected chi connectivity index (χ3v) is 11.0. The van der Waals surface area contributed by atoms with Gasteiger partial charge in [-0.3, -0.25) is 19.3 Å². The van der Waals surface area contributed by atoms with Gasteiger partial charge in [0, 0.05) is 51.1 Å². The van der Waals surface area contributed by atoms with Gasteiger partial charge in [-0.05, 0) is 26.2 Å². The summed E-state index contributed by atoms with van der Waals surface area (Å²) in [5.41, 5.74) is 0. The van der Waals surface area contributed by atoms with Crippen molar-refractivity contribution >= 4 is 29.5 Å². The van der Waals surface area contributed by atoms with Gasteiger partial charge >= 0.3 is 0 Å². The number of amides is 3. The van der Waals surface area contributed by atoms with Crippen LogP contribution in [0.1, 0.15) is 33.1 Å². The van der Waals surface area contributed by atoms with Crippen LogP contribution in [-0.2, 0) is 19.1 Å². The third-order valence-electron chi connectivity index (χ3n) is 9.02. The van der Waals surface area contributed by atoms with Gasteiger partial charge in [0.15, 0.2) is 0 Å². The van der Waals surface area contributed by atoms with Crippen LogP contribution in [0.2, 0.25) is 0 Å². The Bertz CT molecular complexity index is 938. The molecule has 2 bridgehead atoms. The molecule has 4 aliphatic heterocycles. The van der Waals surface area contributed by atoms with Gasteiger partial charge in [-0.2, -0.15) is 0 Å². The maximum Gasteiger partial charge on any atom is 0.247 e. The minimum atomic E-state index is -0.726. The van der Waals surface area contributed by atoms with E-state index in [0.29, 0.717) is 45.7 Å². The van der Waals surface area contributed by atoms with Gasteiger partial charge in [0.1, 0.15) is 6.04 Å². The number of ether oxygens (including phenoxy) is 1. The van der Waals surface area contributed by atoms with Crippen LogP contribution >= 0.6 is 11.8 Å². The lowest BCUT2D eigenvalue weighted by Crippen LogP contribution is -2.58. The Balaban J connectivity index is 1.70. The average Bonchev–Trinajstić information content (AvgIpc) is 3.48. The number of hydrogen-bond acceptors (Lipinski definition) is 7. The average molecular weight is 549 g/mol. The smallest absolute Gasteiger partial charge is 0.247 e. The highest BCUT2D eigenvalue weighted by Gasteiger charge is 2.77. The number of likely N-dealkylation sites (tertiary alicyclic amines) is 1. The van der Waals surface area contributed by atoms with Crippen LogP contribution in [0.4, 0.5) is 0 Å². The maximum atomic E-state index is 14.5. The van der Waals surface area contributed by atoms with E-state index >= 15 is 0 Å². The molecular formula is C28H44N4O5S.